The fraction of sp³-hybridized carbons (Fsp3) is 0.125. The van der Waals surface area contributed by atoms with E-state index in [1.54, 1.807) is 0 Å². The Kier molecular flexibility index (Phi) is 4.82. The Balaban J connectivity index is 1.86. The number of carbonyl (C=O) groups excluding carboxylic acids is 1. The predicted octanol–water partition coefficient (Wildman–Crippen LogP) is 4.07. The molecule has 0 aliphatic carbocycles. The lowest BCUT2D eigenvalue weighted by Gasteiger charge is -2.10. The smallest absolute Gasteiger partial charge is 0.302 e. The summed E-state index contributed by atoms with van der Waals surface area (Å²) in [7, 11) is -4.01. The van der Waals surface area contributed by atoms with Crippen molar-refractivity contribution in [1.82, 2.24) is 4.98 Å². The molecule has 0 aliphatic rings. The van der Waals surface area contributed by atoms with Crippen LogP contribution in [-0.2, 0) is 21.0 Å². The first-order valence-electron chi connectivity index (χ1n) is 7.43. The van der Waals surface area contributed by atoms with Gasteiger partial charge in [0.05, 0.1) is 20.7 Å². The lowest BCUT2D eigenvalue weighted by atomic mass is 10.2. The molecule has 0 saturated carbocycles. The molecule has 0 spiro atoms. The Morgan fingerprint density at radius 3 is 2.37 bits per heavy atom. The number of nitrogens with zero attached hydrogens (tertiary/aromatic N) is 1. The number of alkyl halides is 3. The molecule has 0 unspecified atom stereocenters. The van der Waals surface area contributed by atoms with Crippen LogP contribution in [0.4, 0.5) is 24.0 Å². The van der Waals surface area contributed by atoms with Crippen molar-refractivity contribution in [3.63, 3.8) is 0 Å². The molecule has 1 aromatic heterocycles. The van der Waals surface area contributed by atoms with E-state index in [2.05, 4.69) is 15.0 Å². The van der Waals surface area contributed by atoms with Crippen molar-refractivity contribution in [1.29, 1.82) is 0 Å². The maximum atomic E-state index is 12.6. The maximum absolute atomic E-state index is 12.6. The van der Waals surface area contributed by atoms with E-state index in [1.165, 1.54) is 25.1 Å². The third kappa shape index (κ3) is 4.37. The predicted molar refractivity (Wildman–Crippen MR) is 96.2 cm³/mol. The molecule has 142 valence electrons. The van der Waals surface area contributed by atoms with Crippen molar-refractivity contribution in [2.75, 3.05) is 10.0 Å². The van der Waals surface area contributed by atoms with Gasteiger partial charge in [0.2, 0.25) is 5.91 Å². The minimum absolute atomic E-state index is 0.00587. The molecule has 0 radical (unpaired) electrons. The molecule has 0 atom stereocenters. The molecule has 1 heterocycles. The molecule has 0 fully saturated rings. The summed E-state index contributed by atoms with van der Waals surface area (Å²) < 4.78 is 65.5. The number of sulfonamides is 1. The topological polar surface area (TPSA) is 88.2 Å². The van der Waals surface area contributed by atoms with Gasteiger partial charge < -0.3 is 5.32 Å². The van der Waals surface area contributed by atoms with Gasteiger partial charge in [-0.05, 0) is 42.5 Å². The average molecular weight is 415 g/mol. The number of thiazole rings is 1. The Hall–Kier alpha value is -2.66. The molecule has 1 amide bonds. The molecule has 27 heavy (non-hydrogen) atoms. The minimum atomic E-state index is -4.50. The summed E-state index contributed by atoms with van der Waals surface area (Å²) in [5.41, 5.74) is -0.356. The van der Waals surface area contributed by atoms with Gasteiger partial charge in [0.25, 0.3) is 10.0 Å². The van der Waals surface area contributed by atoms with E-state index in [0.29, 0.717) is 15.3 Å². The summed E-state index contributed by atoms with van der Waals surface area (Å²) in [6.07, 6.45) is -4.50. The van der Waals surface area contributed by atoms with Gasteiger partial charge in [-0.3, -0.25) is 9.52 Å². The molecule has 11 heteroatoms. The molecule has 3 rings (SSSR count). The van der Waals surface area contributed by atoms with E-state index in [-0.39, 0.29) is 16.5 Å². The van der Waals surface area contributed by atoms with Gasteiger partial charge in [0.1, 0.15) is 0 Å². The molecule has 0 bridgehead atoms. The fourth-order valence-corrected chi connectivity index (χ4v) is 4.33. The monoisotopic (exact) mass is 415 g/mol. The van der Waals surface area contributed by atoms with Crippen molar-refractivity contribution in [2.45, 2.75) is 18.0 Å². The fourth-order valence-electron chi connectivity index (χ4n) is 2.22. The number of fused-ring (bicyclic) bond motifs is 1. The number of halogens is 3. The number of rotatable bonds is 4. The van der Waals surface area contributed by atoms with Crippen LogP contribution in [0, 0.1) is 0 Å². The number of hydrogen-bond acceptors (Lipinski definition) is 5. The third-order valence-corrected chi connectivity index (χ3v) is 5.73. The van der Waals surface area contributed by atoms with Gasteiger partial charge in [-0.25, -0.2) is 13.4 Å². The van der Waals surface area contributed by atoms with Crippen molar-refractivity contribution in [3.05, 3.63) is 48.0 Å². The first kappa shape index (κ1) is 19.1. The quantitative estimate of drug-likeness (QED) is 0.672. The zero-order valence-electron chi connectivity index (χ0n) is 13.7. The summed E-state index contributed by atoms with van der Waals surface area (Å²) in [4.78, 5) is 15.2. The zero-order valence-corrected chi connectivity index (χ0v) is 15.3. The Labute approximate surface area is 156 Å². The SMILES string of the molecule is CC(=O)Nc1nc2ccc(S(=O)(=O)Nc3ccc(C(F)(F)F)cc3)cc2s1. The Morgan fingerprint density at radius 1 is 1.11 bits per heavy atom. The first-order valence-corrected chi connectivity index (χ1v) is 9.73. The second kappa shape index (κ2) is 6.82. The van der Waals surface area contributed by atoms with E-state index in [0.717, 1.165) is 35.6 Å². The van der Waals surface area contributed by atoms with Crippen LogP contribution in [-0.4, -0.2) is 19.3 Å². The summed E-state index contributed by atoms with van der Waals surface area (Å²) in [5.74, 6) is -0.300. The van der Waals surface area contributed by atoms with Crippen LogP contribution in [0.25, 0.3) is 10.2 Å². The number of carbonyl (C=O) groups is 1. The summed E-state index contributed by atoms with van der Waals surface area (Å²) in [6.45, 7) is 1.33. The van der Waals surface area contributed by atoms with Crippen LogP contribution in [0.2, 0.25) is 0 Å². The number of anilines is 2. The molecule has 0 saturated heterocycles. The van der Waals surface area contributed by atoms with E-state index in [9.17, 15) is 26.4 Å². The maximum Gasteiger partial charge on any atom is 0.416 e. The Bertz CT molecular complexity index is 1110. The van der Waals surface area contributed by atoms with E-state index in [1.807, 2.05) is 0 Å². The molecule has 3 aromatic rings. The lowest BCUT2D eigenvalue weighted by Crippen LogP contribution is -2.13. The van der Waals surface area contributed by atoms with Crippen LogP contribution in [0.1, 0.15) is 12.5 Å². The number of benzene rings is 2. The Morgan fingerprint density at radius 2 is 1.78 bits per heavy atom. The minimum Gasteiger partial charge on any atom is -0.302 e. The summed E-state index contributed by atoms with van der Waals surface area (Å²) >= 11 is 1.11. The highest BCUT2D eigenvalue weighted by atomic mass is 32.2. The van der Waals surface area contributed by atoms with Gasteiger partial charge in [-0.2, -0.15) is 13.2 Å². The number of aromatic nitrogens is 1. The second-order valence-corrected chi connectivity index (χ2v) is 8.22. The number of hydrogen-bond donors (Lipinski definition) is 2. The third-order valence-electron chi connectivity index (χ3n) is 3.42. The molecule has 2 aromatic carbocycles. The van der Waals surface area contributed by atoms with Crippen molar-refractivity contribution in [3.8, 4) is 0 Å². The van der Waals surface area contributed by atoms with Crippen molar-refractivity contribution in [2.24, 2.45) is 0 Å². The average Bonchev–Trinajstić information content (AvgIpc) is 2.94. The van der Waals surface area contributed by atoms with Crippen LogP contribution in [0.5, 0.6) is 0 Å². The van der Waals surface area contributed by atoms with E-state index < -0.39 is 21.8 Å². The van der Waals surface area contributed by atoms with Crippen LogP contribution >= 0.6 is 11.3 Å². The highest BCUT2D eigenvalue weighted by molar-refractivity contribution is 7.92. The molecular weight excluding hydrogens is 403 g/mol. The number of nitrogens with one attached hydrogen (secondary N) is 2. The van der Waals surface area contributed by atoms with Crippen molar-refractivity contribution < 1.29 is 26.4 Å². The number of amides is 1. The normalized spacial score (nSPS) is 12.1. The van der Waals surface area contributed by atoms with Crippen molar-refractivity contribution >= 4 is 48.3 Å². The van der Waals surface area contributed by atoms with Crippen LogP contribution in [0.15, 0.2) is 47.4 Å². The van der Waals surface area contributed by atoms with Gasteiger partial charge in [0.15, 0.2) is 5.13 Å². The van der Waals surface area contributed by atoms with E-state index >= 15 is 0 Å². The molecule has 6 nitrogen and oxygen atoms in total. The van der Waals surface area contributed by atoms with Gasteiger partial charge >= 0.3 is 6.18 Å². The molecule has 2 N–H and O–H groups in total. The van der Waals surface area contributed by atoms with Gasteiger partial charge in [-0.15, -0.1) is 0 Å². The molecule has 0 aliphatic heterocycles. The highest BCUT2D eigenvalue weighted by Crippen LogP contribution is 2.31. The first-order chi connectivity index (χ1) is 12.5. The van der Waals surface area contributed by atoms with E-state index in [4.69, 9.17) is 0 Å². The van der Waals surface area contributed by atoms with Gasteiger partial charge in [0, 0.05) is 12.6 Å². The van der Waals surface area contributed by atoms with Crippen LogP contribution < -0.4 is 10.0 Å². The van der Waals surface area contributed by atoms with Gasteiger partial charge in [-0.1, -0.05) is 11.3 Å². The lowest BCUT2D eigenvalue weighted by molar-refractivity contribution is -0.137. The zero-order chi connectivity index (χ0) is 19.8. The highest BCUT2D eigenvalue weighted by Gasteiger charge is 2.30. The van der Waals surface area contributed by atoms with Crippen LogP contribution in [0.3, 0.4) is 0 Å². The summed E-state index contributed by atoms with van der Waals surface area (Å²) in [5, 5.41) is 2.86. The standard InChI is InChI=1S/C16H12F3N3O3S2/c1-9(23)20-15-21-13-7-6-12(8-14(13)26-15)27(24,25)22-11-4-2-10(3-5-11)16(17,18)19/h2-8,22H,1H3,(H,20,21,23). The second-order valence-electron chi connectivity index (χ2n) is 5.51. The largest absolute Gasteiger partial charge is 0.416 e. The summed E-state index contributed by atoms with van der Waals surface area (Å²) in [6, 6.07) is 7.87. The molecular formula is C16H12F3N3O3S2.